The molecule has 19 heavy (non-hydrogen) atoms. The number of hydrogen-bond acceptors (Lipinski definition) is 0. The Labute approximate surface area is 117 Å². The third kappa shape index (κ3) is 2.89. The molecule has 0 fully saturated rings. The molecule has 0 heterocycles. The molecule has 0 atom stereocenters. The Morgan fingerprint density at radius 3 is 1.68 bits per heavy atom. The van der Waals surface area contributed by atoms with E-state index < -0.39 is 0 Å². The van der Waals surface area contributed by atoms with Crippen LogP contribution in [0.5, 0.6) is 0 Å². The molecule has 2 aromatic carbocycles. The lowest BCUT2D eigenvalue weighted by Gasteiger charge is -2.34. The second-order valence-electron chi connectivity index (χ2n) is 5.12. The van der Waals surface area contributed by atoms with Crippen molar-refractivity contribution in [3.8, 4) is 0 Å². The van der Waals surface area contributed by atoms with Crippen LogP contribution < -0.4 is 0 Å². The summed E-state index contributed by atoms with van der Waals surface area (Å²) in [5.74, 6) is 0. The van der Waals surface area contributed by atoms with Gasteiger partial charge >= 0.3 is 0 Å². The monoisotopic (exact) mass is 251 g/mol. The fraction of sp³-hybridized carbons (Fsp3) is 0.316. The summed E-state index contributed by atoms with van der Waals surface area (Å²) in [5, 5.41) is 0. The van der Waals surface area contributed by atoms with Crippen molar-refractivity contribution in [1.82, 2.24) is 0 Å². The molecule has 0 aliphatic heterocycles. The highest BCUT2D eigenvalue weighted by atomic mass is 14.3. The first-order valence-corrected chi connectivity index (χ1v) is 7.24. The summed E-state index contributed by atoms with van der Waals surface area (Å²) in [6.07, 6.45) is 4.46. The lowest BCUT2D eigenvalue weighted by molar-refractivity contribution is 0.442. The molecule has 2 aromatic rings. The van der Waals surface area contributed by atoms with Gasteiger partial charge in [0.1, 0.15) is 0 Å². The summed E-state index contributed by atoms with van der Waals surface area (Å²) >= 11 is 0. The number of benzene rings is 2. The summed E-state index contributed by atoms with van der Waals surface area (Å²) in [7, 11) is 0. The summed E-state index contributed by atoms with van der Waals surface area (Å²) in [4.78, 5) is 0. The molecule has 0 aliphatic rings. The quantitative estimate of drug-likeness (QED) is 0.646. The van der Waals surface area contributed by atoms with E-state index in [-0.39, 0.29) is 5.41 Å². The van der Waals surface area contributed by atoms with E-state index >= 15 is 0 Å². The van der Waals surface area contributed by atoms with Gasteiger partial charge in [0.15, 0.2) is 0 Å². The van der Waals surface area contributed by atoms with Crippen molar-refractivity contribution in [2.24, 2.45) is 0 Å². The van der Waals surface area contributed by atoms with Crippen molar-refractivity contribution >= 4 is 0 Å². The van der Waals surface area contributed by atoms with Gasteiger partial charge in [-0.25, -0.2) is 0 Å². The Kier molecular flexibility index (Phi) is 4.79. The third-order valence-electron chi connectivity index (χ3n) is 4.11. The lowest BCUT2D eigenvalue weighted by Crippen LogP contribution is -2.26. The van der Waals surface area contributed by atoms with E-state index in [1.54, 1.807) is 0 Å². The second-order valence-corrected chi connectivity index (χ2v) is 5.12. The standard InChI is InChI=1S/C19H23/c1-3-5-16-19(4-2,17-12-8-6-9-13-17)18-14-10-7-11-15-18/h6-15H,1,3-5,16H2,2H3. The molecular formula is C19H23. The van der Waals surface area contributed by atoms with Crippen LogP contribution in [0.1, 0.15) is 43.7 Å². The van der Waals surface area contributed by atoms with Crippen LogP contribution in [0.25, 0.3) is 0 Å². The van der Waals surface area contributed by atoms with Crippen LogP contribution in [0.15, 0.2) is 60.7 Å². The summed E-state index contributed by atoms with van der Waals surface area (Å²) in [5.41, 5.74) is 2.99. The van der Waals surface area contributed by atoms with E-state index in [2.05, 4.69) is 74.5 Å². The van der Waals surface area contributed by atoms with Gasteiger partial charge in [-0.2, -0.15) is 0 Å². The molecule has 0 aromatic heterocycles. The van der Waals surface area contributed by atoms with Crippen LogP contribution in [0.2, 0.25) is 0 Å². The highest BCUT2D eigenvalue weighted by molar-refractivity contribution is 5.39. The second kappa shape index (κ2) is 6.56. The zero-order chi connectivity index (χ0) is 13.6. The Hall–Kier alpha value is -1.56. The molecule has 0 unspecified atom stereocenters. The van der Waals surface area contributed by atoms with E-state index in [9.17, 15) is 0 Å². The predicted octanol–water partition coefficient (Wildman–Crippen LogP) is 5.39. The molecule has 0 heteroatoms. The number of unbranched alkanes of at least 4 members (excludes halogenated alkanes) is 1. The zero-order valence-electron chi connectivity index (χ0n) is 11.8. The highest BCUT2D eigenvalue weighted by Crippen LogP contribution is 2.39. The number of rotatable bonds is 6. The number of hydrogen-bond donors (Lipinski definition) is 0. The van der Waals surface area contributed by atoms with Gasteiger partial charge in [-0.1, -0.05) is 87.4 Å². The molecule has 0 nitrogen and oxygen atoms in total. The van der Waals surface area contributed by atoms with Crippen LogP contribution in [-0.2, 0) is 5.41 Å². The minimum absolute atomic E-state index is 0.139. The third-order valence-corrected chi connectivity index (χ3v) is 4.11. The smallest absolute Gasteiger partial charge is 0.0200 e. The minimum Gasteiger partial charge on any atom is -0.0642 e. The van der Waals surface area contributed by atoms with Gasteiger partial charge in [-0.15, -0.1) is 0 Å². The van der Waals surface area contributed by atoms with E-state index in [0.29, 0.717) is 0 Å². The van der Waals surface area contributed by atoms with Crippen molar-refractivity contribution in [1.29, 1.82) is 0 Å². The van der Waals surface area contributed by atoms with Gasteiger partial charge in [0.2, 0.25) is 0 Å². The average Bonchev–Trinajstić information content (AvgIpc) is 2.51. The van der Waals surface area contributed by atoms with Gasteiger partial charge in [0.25, 0.3) is 0 Å². The molecule has 0 aliphatic carbocycles. The first-order valence-electron chi connectivity index (χ1n) is 7.24. The van der Waals surface area contributed by atoms with Crippen LogP contribution in [0.4, 0.5) is 0 Å². The molecule has 99 valence electrons. The van der Waals surface area contributed by atoms with E-state index in [1.807, 2.05) is 0 Å². The summed E-state index contributed by atoms with van der Waals surface area (Å²) in [6, 6.07) is 21.8. The highest BCUT2D eigenvalue weighted by Gasteiger charge is 2.31. The van der Waals surface area contributed by atoms with Gasteiger partial charge in [0, 0.05) is 5.41 Å². The average molecular weight is 251 g/mol. The normalized spacial score (nSPS) is 11.5. The molecule has 0 saturated heterocycles. The van der Waals surface area contributed by atoms with Crippen molar-refractivity contribution in [3.63, 3.8) is 0 Å². The maximum Gasteiger partial charge on any atom is 0.0200 e. The van der Waals surface area contributed by atoms with Crippen molar-refractivity contribution in [3.05, 3.63) is 78.7 Å². The SMILES string of the molecule is [CH2]CCCC(CC)(c1ccccc1)c1ccccc1. The van der Waals surface area contributed by atoms with Gasteiger partial charge < -0.3 is 0 Å². The Morgan fingerprint density at radius 2 is 1.32 bits per heavy atom. The Balaban J connectivity index is 2.48. The largest absolute Gasteiger partial charge is 0.0642 e. The first-order chi connectivity index (χ1) is 9.33. The first kappa shape index (κ1) is 13.9. The van der Waals surface area contributed by atoms with E-state index in [4.69, 9.17) is 0 Å². The fourth-order valence-corrected chi connectivity index (χ4v) is 2.98. The molecule has 0 bridgehead atoms. The van der Waals surface area contributed by atoms with Crippen LogP contribution in [-0.4, -0.2) is 0 Å². The molecule has 0 amide bonds. The van der Waals surface area contributed by atoms with Gasteiger partial charge in [-0.05, 0) is 24.0 Å². The van der Waals surface area contributed by atoms with Gasteiger partial charge in [0.05, 0.1) is 0 Å². The van der Waals surface area contributed by atoms with Crippen LogP contribution in [0.3, 0.4) is 0 Å². The lowest BCUT2D eigenvalue weighted by atomic mass is 9.69. The zero-order valence-corrected chi connectivity index (χ0v) is 11.8. The van der Waals surface area contributed by atoms with Crippen molar-refractivity contribution in [2.45, 2.75) is 38.0 Å². The maximum atomic E-state index is 4.01. The maximum absolute atomic E-state index is 4.01. The minimum atomic E-state index is 0.139. The Bertz CT molecular complexity index is 430. The molecular weight excluding hydrogens is 228 g/mol. The molecule has 0 saturated carbocycles. The predicted molar refractivity (Wildman–Crippen MR) is 83.2 cm³/mol. The molecule has 0 spiro atoms. The van der Waals surface area contributed by atoms with E-state index in [1.165, 1.54) is 17.5 Å². The fourth-order valence-electron chi connectivity index (χ4n) is 2.98. The van der Waals surface area contributed by atoms with E-state index in [0.717, 1.165) is 19.3 Å². The summed E-state index contributed by atoms with van der Waals surface area (Å²) < 4.78 is 0. The summed E-state index contributed by atoms with van der Waals surface area (Å²) in [6.45, 7) is 6.31. The molecule has 2 rings (SSSR count). The molecule has 0 N–H and O–H groups in total. The van der Waals surface area contributed by atoms with Crippen molar-refractivity contribution in [2.75, 3.05) is 0 Å². The Morgan fingerprint density at radius 1 is 0.842 bits per heavy atom. The van der Waals surface area contributed by atoms with Gasteiger partial charge in [-0.3, -0.25) is 0 Å². The topological polar surface area (TPSA) is 0 Å². The van der Waals surface area contributed by atoms with Crippen LogP contribution >= 0.6 is 0 Å². The van der Waals surface area contributed by atoms with Crippen molar-refractivity contribution < 1.29 is 0 Å². The van der Waals surface area contributed by atoms with Crippen LogP contribution in [0, 0.1) is 6.92 Å². The molecule has 1 radical (unpaired) electrons.